The Hall–Kier alpha value is -6.88. The molecule has 9 rings (SSSR count). The summed E-state index contributed by atoms with van der Waals surface area (Å²) in [5.41, 5.74) is 9.43. The highest BCUT2D eigenvalue weighted by Gasteiger charge is 2.40. The maximum Gasteiger partial charge on any atom is 0.120 e. The summed E-state index contributed by atoms with van der Waals surface area (Å²) >= 11 is 0. The van der Waals surface area contributed by atoms with Crippen molar-refractivity contribution in [1.82, 2.24) is 9.80 Å². The Morgan fingerprint density at radius 3 is 0.764 bits per heavy atom. The van der Waals surface area contributed by atoms with E-state index in [2.05, 4.69) is 216 Å². The number of phenolic OH excluding ortho intramolecular Hbond substituents is 2. The molecule has 8 nitrogen and oxygen atoms in total. The minimum absolute atomic E-state index is 0.251. The molecule has 1 aliphatic rings. The summed E-state index contributed by atoms with van der Waals surface area (Å²) < 4.78 is 24.7. The van der Waals surface area contributed by atoms with Crippen molar-refractivity contribution in [2.45, 2.75) is 23.9 Å². The lowest BCUT2D eigenvalue weighted by molar-refractivity contribution is 0.00611. The van der Waals surface area contributed by atoms with Gasteiger partial charge >= 0.3 is 0 Å². The average Bonchev–Trinajstić information content (AvgIpc) is 3.43. The molecule has 368 valence electrons. The highest BCUT2D eigenvalue weighted by Crippen LogP contribution is 2.47. The van der Waals surface area contributed by atoms with Crippen LogP contribution in [0.25, 0.3) is 0 Å². The molecule has 8 aromatic rings. The highest BCUT2D eigenvalue weighted by molar-refractivity contribution is 5.62. The predicted molar refractivity (Wildman–Crippen MR) is 287 cm³/mol. The topological polar surface area (TPSA) is 83.9 Å². The van der Waals surface area contributed by atoms with Crippen LogP contribution in [-0.4, -0.2) is 99.0 Å². The van der Waals surface area contributed by atoms with Crippen molar-refractivity contribution < 1.29 is 29.2 Å². The van der Waals surface area contributed by atoms with E-state index < -0.39 is 10.8 Å². The number of ether oxygens (including phenoxy) is 4. The van der Waals surface area contributed by atoms with Gasteiger partial charge in [-0.15, -0.1) is 0 Å². The van der Waals surface area contributed by atoms with Gasteiger partial charge in [-0.05, 0) is 68.8 Å². The van der Waals surface area contributed by atoms with Crippen LogP contribution in [0.5, 0.6) is 11.5 Å². The first-order chi connectivity index (χ1) is 35.6. The highest BCUT2D eigenvalue weighted by atomic mass is 16.5. The third-order valence-electron chi connectivity index (χ3n) is 14.0. The van der Waals surface area contributed by atoms with E-state index in [0.29, 0.717) is 92.1 Å². The largest absolute Gasteiger partial charge is 0.508 e. The van der Waals surface area contributed by atoms with E-state index in [0.717, 1.165) is 55.6 Å². The molecule has 0 radical (unpaired) electrons. The second kappa shape index (κ2) is 25.0. The van der Waals surface area contributed by atoms with Crippen molar-refractivity contribution in [2.75, 3.05) is 79.0 Å². The molecule has 1 fully saturated rings. The molecule has 72 heavy (non-hydrogen) atoms. The van der Waals surface area contributed by atoms with Gasteiger partial charge in [0.05, 0.1) is 63.7 Å². The van der Waals surface area contributed by atoms with Crippen molar-refractivity contribution in [1.29, 1.82) is 0 Å². The fourth-order valence-corrected chi connectivity index (χ4v) is 10.5. The third-order valence-corrected chi connectivity index (χ3v) is 14.0. The van der Waals surface area contributed by atoms with E-state index in [-0.39, 0.29) is 11.5 Å². The maximum absolute atomic E-state index is 11.5. The van der Waals surface area contributed by atoms with Gasteiger partial charge in [-0.25, -0.2) is 0 Å². The number of hydrogen-bond acceptors (Lipinski definition) is 8. The minimum atomic E-state index is -0.629. The summed E-state index contributed by atoms with van der Waals surface area (Å²) in [5.74, 6) is 0.503. The molecule has 0 aromatic heterocycles. The minimum Gasteiger partial charge on any atom is -0.508 e. The van der Waals surface area contributed by atoms with Gasteiger partial charge in [0.25, 0.3) is 0 Å². The molecular weight excluding hydrogens is 893 g/mol. The molecule has 1 saturated heterocycles. The van der Waals surface area contributed by atoms with Crippen molar-refractivity contribution in [3.05, 3.63) is 274 Å². The van der Waals surface area contributed by atoms with Crippen LogP contribution >= 0.6 is 0 Å². The molecule has 0 amide bonds. The average molecular weight is 959 g/mol. The fraction of sp³-hybridized carbons (Fsp3) is 0.250. The molecule has 1 heterocycles. The SMILES string of the molecule is Oc1ccc(C(c2ccccc2)(c2ccccc2)c2ccccc2)cc1CN1CCOCCOCCN(Cc2cc(C(c3ccccc3)(c3ccccc3)c3ccccc3)ccc2O)CCOCCOCC1. The summed E-state index contributed by atoms with van der Waals surface area (Å²) in [5, 5.41) is 23.0. The molecular formula is C64H66N2O6. The van der Waals surface area contributed by atoms with Gasteiger partial charge in [-0.3, -0.25) is 9.80 Å². The summed E-state index contributed by atoms with van der Waals surface area (Å²) in [6.45, 7) is 7.35. The van der Waals surface area contributed by atoms with E-state index in [1.54, 1.807) is 0 Å². The summed E-state index contributed by atoms with van der Waals surface area (Å²) in [7, 11) is 0. The standard InChI is InChI=1S/C64H66N2O6/c67-61-33-31-59(63(53-19-7-1-8-20-53,54-21-9-2-10-22-54)55-23-11-3-12-24-55)47-51(61)49-65-35-39-69-43-45-71-41-37-66(38-42-72-46-44-70-40-36-65)50-52-48-60(32-34-62(52)68)64(56-25-13-4-14-26-56,57-27-15-5-16-28-57)58-29-17-6-18-30-58/h1-34,47-48,67-68H,35-46,49-50H2. The zero-order valence-corrected chi connectivity index (χ0v) is 41.1. The summed E-state index contributed by atoms with van der Waals surface area (Å²) in [6.07, 6.45) is 0. The zero-order valence-electron chi connectivity index (χ0n) is 41.1. The Balaban J connectivity index is 0.882. The van der Waals surface area contributed by atoms with Crippen LogP contribution in [0.1, 0.15) is 55.6 Å². The Morgan fingerprint density at radius 2 is 0.528 bits per heavy atom. The number of hydrogen-bond donors (Lipinski definition) is 2. The molecule has 2 N–H and O–H groups in total. The first-order valence-corrected chi connectivity index (χ1v) is 25.3. The molecule has 0 bridgehead atoms. The lowest BCUT2D eigenvalue weighted by Gasteiger charge is -2.37. The summed E-state index contributed by atoms with van der Waals surface area (Å²) in [4.78, 5) is 4.57. The van der Waals surface area contributed by atoms with Gasteiger partial charge in [0.2, 0.25) is 0 Å². The van der Waals surface area contributed by atoms with Gasteiger partial charge < -0.3 is 29.2 Å². The van der Waals surface area contributed by atoms with Crippen LogP contribution in [-0.2, 0) is 42.9 Å². The van der Waals surface area contributed by atoms with E-state index in [1.807, 2.05) is 12.1 Å². The van der Waals surface area contributed by atoms with E-state index in [9.17, 15) is 10.2 Å². The normalized spacial score (nSPS) is 15.6. The van der Waals surface area contributed by atoms with Crippen molar-refractivity contribution >= 4 is 0 Å². The fourth-order valence-electron chi connectivity index (χ4n) is 10.5. The molecule has 0 spiro atoms. The van der Waals surface area contributed by atoms with Crippen LogP contribution in [0.15, 0.2) is 218 Å². The molecule has 0 saturated carbocycles. The number of aromatic hydroxyl groups is 2. The van der Waals surface area contributed by atoms with E-state index in [4.69, 9.17) is 18.9 Å². The molecule has 1 aliphatic heterocycles. The van der Waals surface area contributed by atoms with Gasteiger partial charge in [0.15, 0.2) is 0 Å². The van der Waals surface area contributed by atoms with Gasteiger partial charge in [0, 0.05) is 50.4 Å². The predicted octanol–water partition coefficient (Wildman–Crippen LogP) is 11.2. The van der Waals surface area contributed by atoms with E-state index >= 15 is 0 Å². The monoisotopic (exact) mass is 958 g/mol. The second-order valence-electron chi connectivity index (χ2n) is 18.4. The van der Waals surface area contributed by atoms with Crippen LogP contribution in [0.4, 0.5) is 0 Å². The number of benzene rings is 8. The quantitative estimate of drug-likeness (QED) is 0.117. The molecule has 0 aliphatic carbocycles. The number of rotatable bonds is 12. The first-order valence-electron chi connectivity index (χ1n) is 25.3. The van der Waals surface area contributed by atoms with Gasteiger partial charge in [-0.1, -0.05) is 194 Å². The van der Waals surface area contributed by atoms with Crippen molar-refractivity contribution in [3.8, 4) is 11.5 Å². The van der Waals surface area contributed by atoms with Gasteiger partial charge in [-0.2, -0.15) is 0 Å². The number of phenols is 2. The maximum atomic E-state index is 11.5. The summed E-state index contributed by atoms with van der Waals surface area (Å²) in [6, 6.07) is 76.0. The third kappa shape index (κ3) is 11.6. The smallest absolute Gasteiger partial charge is 0.120 e. The Labute approximate surface area is 425 Å². The van der Waals surface area contributed by atoms with Crippen LogP contribution < -0.4 is 0 Å². The van der Waals surface area contributed by atoms with Crippen molar-refractivity contribution in [2.24, 2.45) is 0 Å². The molecule has 0 unspecified atom stereocenters. The zero-order chi connectivity index (χ0) is 49.3. The van der Waals surface area contributed by atoms with Crippen LogP contribution in [0.3, 0.4) is 0 Å². The Kier molecular flexibility index (Phi) is 17.4. The Bertz CT molecular complexity index is 2440. The first kappa shape index (κ1) is 50.1. The molecule has 0 atom stereocenters. The molecule has 8 aromatic carbocycles. The Morgan fingerprint density at radius 1 is 0.292 bits per heavy atom. The lowest BCUT2D eigenvalue weighted by Crippen LogP contribution is -2.33. The van der Waals surface area contributed by atoms with E-state index in [1.165, 1.54) is 0 Å². The lowest BCUT2D eigenvalue weighted by atomic mass is 9.65. The van der Waals surface area contributed by atoms with Crippen molar-refractivity contribution in [3.63, 3.8) is 0 Å². The number of nitrogens with zero attached hydrogens (tertiary/aromatic N) is 2. The van der Waals surface area contributed by atoms with Crippen LogP contribution in [0.2, 0.25) is 0 Å². The molecule has 8 heteroatoms. The second-order valence-corrected chi connectivity index (χ2v) is 18.4. The van der Waals surface area contributed by atoms with Crippen LogP contribution in [0, 0.1) is 0 Å². The van der Waals surface area contributed by atoms with Gasteiger partial charge in [0.1, 0.15) is 11.5 Å².